The number of hydrogen-bond acceptors (Lipinski definition) is 4. The van der Waals surface area contributed by atoms with Crippen molar-refractivity contribution in [1.29, 1.82) is 0 Å². The molecule has 5 nitrogen and oxygen atoms in total. The number of amides is 1. The molecule has 1 aromatic carbocycles. The van der Waals surface area contributed by atoms with E-state index in [1.807, 2.05) is 24.0 Å². The number of aromatic nitrogens is 2. The number of rotatable bonds is 3. The summed E-state index contributed by atoms with van der Waals surface area (Å²) in [5, 5.41) is 3.72. The zero-order valence-corrected chi connectivity index (χ0v) is 13.1. The Morgan fingerprint density at radius 2 is 2.00 bits per heavy atom. The smallest absolute Gasteiger partial charge is 0.272 e. The van der Waals surface area contributed by atoms with Gasteiger partial charge >= 0.3 is 0 Å². The monoisotopic (exact) mass is 316 g/mol. The zero-order chi connectivity index (χ0) is 15.5. The maximum absolute atomic E-state index is 12.4. The van der Waals surface area contributed by atoms with Crippen LogP contribution in [0.1, 0.15) is 29.0 Å². The molecule has 6 heteroatoms. The Hall–Kier alpha value is -2.14. The largest absolute Gasteiger partial charge is 0.337 e. The maximum atomic E-state index is 12.4. The van der Waals surface area contributed by atoms with Gasteiger partial charge in [-0.1, -0.05) is 17.7 Å². The average Bonchev–Trinajstić information content (AvgIpc) is 3.00. The second-order valence-electron chi connectivity index (χ2n) is 5.35. The van der Waals surface area contributed by atoms with E-state index in [0.29, 0.717) is 16.7 Å². The molecule has 1 saturated heterocycles. The van der Waals surface area contributed by atoms with E-state index in [1.54, 1.807) is 18.2 Å². The molecule has 0 spiro atoms. The van der Waals surface area contributed by atoms with E-state index in [0.717, 1.165) is 37.3 Å². The third-order valence-corrected chi connectivity index (χ3v) is 3.78. The molecular weight excluding hydrogens is 300 g/mol. The van der Waals surface area contributed by atoms with E-state index >= 15 is 0 Å². The molecule has 3 rings (SSSR count). The number of halogens is 1. The number of carbonyl (C=O) groups is 1. The van der Waals surface area contributed by atoms with Crippen LogP contribution in [-0.2, 0) is 0 Å². The fourth-order valence-corrected chi connectivity index (χ4v) is 2.70. The first kappa shape index (κ1) is 14.8. The van der Waals surface area contributed by atoms with Crippen molar-refractivity contribution in [2.24, 2.45) is 0 Å². The normalized spacial score (nSPS) is 14.2. The van der Waals surface area contributed by atoms with Crippen LogP contribution in [-0.4, -0.2) is 33.9 Å². The van der Waals surface area contributed by atoms with Gasteiger partial charge in [0.15, 0.2) is 0 Å². The minimum absolute atomic E-state index is 0.0304. The quantitative estimate of drug-likeness (QED) is 0.942. The summed E-state index contributed by atoms with van der Waals surface area (Å²) in [4.78, 5) is 23.0. The summed E-state index contributed by atoms with van der Waals surface area (Å²) in [5.74, 6) is 0.377. The third-order valence-electron chi connectivity index (χ3n) is 3.55. The lowest BCUT2D eigenvalue weighted by Gasteiger charge is -2.15. The SMILES string of the molecule is Cc1cc(C(=O)N2CCCC2)nc(Nc2cccc(Cl)c2)n1. The lowest BCUT2D eigenvalue weighted by Crippen LogP contribution is -2.28. The molecule has 1 fully saturated rings. The van der Waals surface area contributed by atoms with E-state index in [2.05, 4.69) is 15.3 Å². The Morgan fingerprint density at radius 1 is 1.23 bits per heavy atom. The molecule has 22 heavy (non-hydrogen) atoms. The van der Waals surface area contributed by atoms with Crippen LogP contribution in [0.15, 0.2) is 30.3 Å². The van der Waals surface area contributed by atoms with Gasteiger partial charge in [-0.2, -0.15) is 0 Å². The van der Waals surface area contributed by atoms with Gasteiger partial charge < -0.3 is 10.2 Å². The molecule has 1 amide bonds. The van der Waals surface area contributed by atoms with Crippen molar-refractivity contribution in [3.8, 4) is 0 Å². The average molecular weight is 317 g/mol. The van der Waals surface area contributed by atoms with E-state index in [9.17, 15) is 4.79 Å². The van der Waals surface area contributed by atoms with Gasteiger partial charge in [0, 0.05) is 29.5 Å². The number of nitrogens with one attached hydrogen (secondary N) is 1. The van der Waals surface area contributed by atoms with Crippen LogP contribution in [0.4, 0.5) is 11.6 Å². The minimum atomic E-state index is -0.0304. The molecule has 0 aliphatic carbocycles. The molecule has 1 aliphatic heterocycles. The molecule has 0 bridgehead atoms. The maximum Gasteiger partial charge on any atom is 0.272 e. The molecule has 0 radical (unpaired) electrons. The van der Waals surface area contributed by atoms with Crippen LogP contribution in [0.2, 0.25) is 5.02 Å². The van der Waals surface area contributed by atoms with Crippen LogP contribution in [0.5, 0.6) is 0 Å². The summed E-state index contributed by atoms with van der Waals surface area (Å²) >= 11 is 5.97. The number of benzene rings is 1. The predicted molar refractivity (Wildman–Crippen MR) is 86.6 cm³/mol. The highest BCUT2D eigenvalue weighted by Gasteiger charge is 2.21. The topological polar surface area (TPSA) is 58.1 Å². The second kappa shape index (κ2) is 6.32. The first-order valence-corrected chi connectivity index (χ1v) is 7.67. The fraction of sp³-hybridized carbons (Fsp3) is 0.312. The van der Waals surface area contributed by atoms with Crippen LogP contribution < -0.4 is 5.32 Å². The van der Waals surface area contributed by atoms with Crippen LogP contribution in [0, 0.1) is 6.92 Å². The summed E-state index contributed by atoms with van der Waals surface area (Å²) in [7, 11) is 0. The van der Waals surface area contributed by atoms with Crippen LogP contribution in [0.3, 0.4) is 0 Å². The molecule has 0 saturated carbocycles. The summed E-state index contributed by atoms with van der Waals surface area (Å²) < 4.78 is 0. The molecular formula is C16H17ClN4O. The van der Waals surface area contributed by atoms with Crippen LogP contribution in [0.25, 0.3) is 0 Å². The van der Waals surface area contributed by atoms with Gasteiger partial charge in [0.25, 0.3) is 5.91 Å². The van der Waals surface area contributed by atoms with Gasteiger partial charge in [0.05, 0.1) is 0 Å². The number of aryl methyl sites for hydroxylation is 1. The van der Waals surface area contributed by atoms with Crippen molar-refractivity contribution >= 4 is 29.1 Å². The highest BCUT2D eigenvalue weighted by molar-refractivity contribution is 6.30. The highest BCUT2D eigenvalue weighted by atomic mass is 35.5. The first-order chi connectivity index (χ1) is 10.6. The van der Waals surface area contributed by atoms with E-state index < -0.39 is 0 Å². The second-order valence-corrected chi connectivity index (χ2v) is 5.79. The van der Waals surface area contributed by atoms with Crippen molar-refractivity contribution in [2.75, 3.05) is 18.4 Å². The molecule has 114 valence electrons. The standard InChI is InChI=1S/C16H17ClN4O/c1-11-9-14(15(22)21-7-2-3-8-21)20-16(18-11)19-13-6-4-5-12(17)10-13/h4-6,9-10H,2-3,7-8H2,1H3,(H,18,19,20). The van der Waals surface area contributed by atoms with Gasteiger partial charge in [-0.3, -0.25) is 4.79 Å². The Labute approximate surface area is 134 Å². The molecule has 2 heterocycles. The fourth-order valence-electron chi connectivity index (χ4n) is 2.51. The van der Waals surface area contributed by atoms with Crippen molar-refractivity contribution in [2.45, 2.75) is 19.8 Å². The molecule has 0 atom stereocenters. The number of nitrogens with zero attached hydrogens (tertiary/aromatic N) is 3. The van der Waals surface area contributed by atoms with E-state index in [4.69, 9.17) is 11.6 Å². The summed E-state index contributed by atoms with van der Waals surface area (Å²) in [6, 6.07) is 9.03. The summed E-state index contributed by atoms with van der Waals surface area (Å²) in [6.07, 6.45) is 2.12. The molecule has 0 unspecified atom stereocenters. The van der Waals surface area contributed by atoms with Gasteiger partial charge in [0.1, 0.15) is 5.69 Å². The third kappa shape index (κ3) is 3.36. The Morgan fingerprint density at radius 3 is 2.73 bits per heavy atom. The van der Waals surface area contributed by atoms with Crippen LogP contribution >= 0.6 is 11.6 Å². The zero-order valence-electron chi connectivity index (χ0n) is 12.3. The number of hydrogen-bond donors (Lipinski definition) is 1. The number of likely N-dealkylation sites (tertiary alicyclic amines) is 1. The van der Waals surface area contributed by atoms with Gasteiger partial charge in [-0.15, -0.1) is 0 Å². The lowest BCUT2D eigenvalue weighted by molar-refractivity contribution is 0.0787. The van der Waals surface area contributed by atoms with Crippen molar-refractivity contribution < 1.29 is 4.79 Å². The van der Waals surface area contributed by atoms with E-state index in [1.165, 1.54) is 0 Å². The van der Waals surface area contributed by atoms with Gasteiger partial charge in [-0.25, -0.2) is 9.97 Å². The minimum Gasteiger partial charge on any atom is -0.337 e. The van der Waals surface area contributed by atoms with Gasteiger partial charge in [-0.05, 0) is 44.0 Å². The Balaban J connectivity index is 1.84. The number of carbonyl (C=O) groups excluding carboxylic acids is 1. The lowest BCUT2D eigenvalue weighted by atomic mass is 10.3. The molecule has 1 aromatic heterocycles. The number of anilines is 2. The van der Waals surface area contributed by atoms with Crippen molar-refractivity contribution in [3.63, 3.8) is 0 Å². The van der Waals surface area contributed by atoms with E-state index in [-0.39, 0.29) is 5.91 Å². The first-order valence-electron chi connectivity index (χ1n) is 7.29. The van der Waals surface area contributed by atoms with Crippen molar-refractivity contribution in [3.05, 3.63) is 46.7 Å². The van der Waals surface area contributed by atoms with Crippen molar-refractivity contribution in [1.82, 2.24) is 14.9 Å². The summed E-state index contributed by atoms with van der Waals surface area (Å²) in [6.45, 7) is 3.46. The summed E-state index contributed by atoms with van der Waals surface area (Å²) in [5.41, 5.74) is 1.97. The Kier molecular flexibility index (Phi) is 4.24. The Bertz CT molecular complexity index is 698. The molecule has 1 aliphatic rings. The molecule has 1 N–H and O–H groups in total. The highest BCUT2D eigenvalue weighted by Crippen LogP contribution is 2.19. The van der Waals surface area contributed by atoms with Gasteiger partial charge in [0.2, 0.25) is 5.95 Å². The molecule has 2 aromatic rings. The predicted octanol–water partition coefficient (Wildman–Crippen LogP) is 3.42.